The number of fused-ring (bicyclic) bond motifs is 1. The first-order chi connectivity index (χ1) is 10.1. The van der Waals surface area contributed by atoms with E-state index in [2.05, 4.69) is 10.0 Å². The minimum atomic E-state index is -3.43. The molecule has 2 N–H and O–H groups in total. The summed E-state index contributed by atoms with van der Waals surface area (Å²) in [6.07, 6.45) is 6.54. The second-order valence-corrected chi connectivity index (χ2v) is 7.95. The Labute approximate surface area is 127 Å². The van der Waals surface area contributed by atoms with Crippen LogP contribution < -0.4 is 10.0 Å². The number of hydrogen-bond donors (Lipinski definition) is 2. The average Bonchev–Trinajstić information content (AvgIpc) is 3.00. The van der Waals surface area contributed by atoms with E-state index < -0.39 is 10.0 Å². The van der Waals surface area contributed by atoms with Crippen LogP contribution >= 0.6 is 0 Å². The van der Waals surface area contributed by atoms with Gasteiger partial charge in [0.05, 0.1) is 4.90 Å². The zero-order chi connectivity index (χ0) is 14.9. The molecule has 3 rings (SSSR count). The molecule has 116 valence electrons. The highest BCUT2D eigenvalue weighted by molar-refractivity contribution is 7.89. The number of anilines is 1. The van der Waals surface area contributed by atoms with Gasteiger partial charge in [-0.2, -0.15) is 0 Å². The van der Waals surface area contributed by atoms with E-state index in [0.717, 1.165) is 43.5 Å². The van der Waals surface area contributed by atoms with Gasteiger partial charge < -0.3 is 5.32 Å². The Morgan fingerprint density at radius 2 is 2.00 bits per heavy atom. The Morgan fingerprint density at radius 1 is 1.24 bits per heavy atom. The van der Waals surface area contributed by atoms with Crippen LogP contribution in [-0.2, 0) is 16.4 Å². The lowest BCUT2D eigenvalue weighted by Gasteiger charge is -2.24. The van der Waals surface area contributed by atoms with Gasteiger partial charge in [-0.05, 0) is 56.2 Å². The molecule has 0 saturated heterocycles. The first-order valence-electron chi connectivity index (χ1n) is 7.96. The molecule has 1 fully saturated rings. The summed E-state index contributed by atoms with van der Waals surface area (Å²) in [5.41, 5.74) is 1.91. The number of hydrogen-bond acceptors (Lipinski definition) is 3. The summed E-state index contributed by atoms with van der Waals surface area (Å²) in [6, 6.07) is 5.54. The first-order valence-corrected chi connectivity index (χ1v) is 9.44. The Morgan fingerprint density at radius 3 is 2.76 bits per heavy atom. The van der Waals surface area contributed by atoms with E-state index in [4.69, 9.17) is 0 Å². The van der Waals surface area contributed by atoms with Crippen LogP contribution in [0.25, 0.3) is 0 Å². The second kappa shape index (κ2) is 5.97. The van der Waals surface area contributed by atoms with Crippen molar-refractivity contribution in [2.24, 2.45) is 5.92 Å². The van der Waals surface area contributed by atoms with Gasteiger partial charge in [-0.3, -0.25) is 0 Å². The van der Waals surface area contributed by atoms with Gasteiger partial charge in [-0.25, -0.2) is 13.1 Å². The monoisotopic (exact) mass is 308 g/mol. The summed E-state index contributed by atoms with van der Waals surface area (Å²) in [7, 11) is -3.43. The van der Waals surface area contributed by atoms with E-state index in [9.17, 15) is 8.42 Å². The molecule has 2 aliphatic rings. The van der Waals surface area contributed by atoms with E-state index in [1.54, 1.807) is 6.07 Å². The fourth-order valence-electron chi connectivity index (χ4n) is 3.59. The van der Waals surface area contributed by atoms with Crippen molar-refractivity contribution in [2.75, 3.05) is 11.9 Å². The van der Waals surface area contributed by atoms with Crippen molar-refractivity contribution < 1.29 is 8.42 Å². The molecule has 5 heteroatoms. The molecule has 21 heavy (non-hydrogen) atoms. The molecule has 1 unspecified atom stereocenters. The molecule has 1 aliphatic carbocycles. The molecule has 0 amide bonds. The largest absolute Gasteiger partial charge is 0.385 e. The molecule has 0 aromatic heterocycles. The van der Waals surface area contributed by atoms with Crippen molar-refractivity contribution in [2.45, 2.75) is 56.4 Å². The molecule has 4 nitrogen and oxygen atoms in total. The Hall–Kier alpha value is -1.07. The molecule has 1 heterocycles. The maximum absolute atomic E-state index is 12.7. The molecule has 1 saturated carbocycles. The number of sulfonamides is 1. The number of nitrogens with one attached hydrogen (secondary N) is 2. The summed E-state index contributed by atoms with van der Waals surface area (Å²) in [4.78, 5) is 0.456. The van der Waals surface area contributed by atoms with Gasteiger partial charge in [-0.1, -0.05) is 18.9 Å². The molecule has 0 spiro atoms. The molecule has 1 aromatic rings. The van der Waals surface area contributed by atoms with Crippen molar-refractivity contribution in [1.29, 1.82) is 0 Å². The van der Waals surface area contributed by atoms with Crippen LogP contribution in [-0.4, -0.2) is 21.0 Å². The van der Waals surface area contributed by atoms with Gasteiger partial charge in [0.2, 0.25) is 10.0 Å². The third kappa shape index (κ3) is 3.09. The highest BCUT2D eigenvalue weighted by Crippen LogP contribution is 2.31. The number of benzene rings is 1. The minimum Gasteiger partial charge on any atom is -0.385 e. The van der Waals surface area contributed by atoms with Crippen LogP contribution in [0.15, 0.2) is 23.1 Å². The third-order valence-corrected chi connectivity index (χ3v) is 6.43. The normalized spacial score (nSPS) is 20.8. The predicted molar refractivity (Wildman–Crippen MR) is 85.0 cm³/mol. The predicted octanol–water partition coefficient (Wildman–Crippen LogP) is 2.90. The fourth-order valence-corrected chi connectivity index (χ4v) is 5.19. The molecular formula is C16H24N2O2S. The molecule has 1 atom stereocenters. The van der Waals surface area contributed by atoms with Gasteiger partial charge >= 0.3 is 0 Å². The zero-order valence-corrected chi connectivity index (χ0v) is 13.4. The summed E-state index contributed by atoms with van der Waals surface area (Å²) in [5.74, 6) is 0.484. The molecule has 1 aromatic carbocycles. The van der Waals surface area contributed by atoms with E-state index in [0.29, 0.717) is 10.8 Å². The summed E-state index contributed by atoms with van der Waals surface area (Å²) < 4.78 is 28.4. The van der Waals surface area contributed by atoms with Gasteiger partial charge in [0, 0.05) is 18.3 Å². The maximum atomic E-state index is 12.7. The highest BCUT2D eigenvalue weighted by Gasteiger charge is 2.28. The lowest BCUT2D eigenvalue weighted by atomic mass is 10.0. The maximum Gasteiger partial charge on any atom is 0.241 e. The smallest absolute Gasteiger partial charge is 0.241 e. The summed E-state index contributed by atoms with van der Waals surface area (Å²) in [6.45, 7) is 2.92. The van der Waals surface area contributed by atoms with Gasteiger partial charge in [-0.15, -0.1) is 0 Å². The van der Waals surface area contributed by atoms with Crippen molar-refractivity contribution >= 4 is 15.7 Å². The van der Waals surface area contributed by atoms with Gasteiger partial charge in [0.25, 0.3) is 0 Å². The quantitative estimate of drug-likeness (QED) is 0.899. The standard InChI is InChI=1S/C16H24N2O2S/c1-12(13-6-2-3-7-13)18-21(19,20)16-10-4-9-15-14(16)8-5-11-17-15/h4,9-10,12-13,17-18H,2-3,5-8,11H2,1H3. The van der Waals surface area contributed by atoms with Crippen LogP contribution in [0.3, 0.4) is 0 Å². The Bertz CT molecular complexity index is 607. The summed E-state index contributed by atoms with van der Waals surface area (Å²) in [5, 5.41) is 3.29. The lowest BCUT2D eigenvalue weighted by molar-refractivity contribution is 0.424. The van der Waals surface area contributed by atoms with Crippen LogP contribution in [0.1, 0.15) is 44.6 Å². The van der Waals surface area contributed by atoms with Gasteiger partial charge in [0.1, 0.15) is 0 Å². The Kier molecular flexibility index (Phi) is 4.22. The van der Waals surface area contributed by atoms with Crippen molar-refractivity contribution in [3.8, 4) is 0 Å². The lowest BCUT2D eigenvalue weighted by Crippen LogP contribution is -2.37. The third-order valence-electron chi connectivity index (χ3n) is 4.79. The van der Waals surface area contributed by atoms with E-state index >= 15 is 0 Å². The Balaban J connectivity index is 1.84. The van der Waals surface area contributed by atoms with E-state index in [-0.39, 0.29) is 6.04 Å². The van der Waals surface area contributed by atoms with Crippen LogP contribution in [0, 0.1) is 5.92 Å². The molecule has 0 radical (unpaired) electrons. The minimum absolute atomic E-state index is 0.0184. The molecular weight excluding hydrogens is 284 g/mol. The second-order valence-electron chi connectivity index (χ2n) is 6.27. The fraction of sp³-hybridized carbons (Fsp3) is 0.625. The summed E-state index contributed by atoms with van der Waals surface area (Å²) >= 11 is 0. The van der Waals surface area contributed by atoms with Crippen molar-refractivity contribution in [1.82, 2.24) is 4.72 Å². The van der Waals surface area contributed by atoms with Gasteiger partial charge in [0.15, 0.2) is 0 Å². The molecule has 0 bridgehead atoms. The van der Waals surface area contributed by atoms with Crippen molar-refractivity contribution in [3.05, 3.63) is 23.8 Å². The van der Waals surface area contributed by atoms with Crippen LogP contribution in [0.2, 0.25) is 0 Å². The topological polar surface area (TPSA) is 58.2 Å². The molecule has 1 aliphatic heterocycles. The number of rotatable bonds is 4. The average molecular weight is 308 g/mol. The van der Waals surface area contributed by atoms with Crippen LogP contribution in [0.5, 0.6) is 0 Å². The van der Waals surface area contributed by atoms with E-state index in [1.165, 1.54) is 12.8 Å². The highest BCUT2D eigenvalue weighted by atomic mass is 32.2. The first kappa shape index (κ1) is 14.9. The SMILES string of the molecule is CC(NS(=O)(=O)c1cccc2c1CCCN2)C1CCCC1. The van der Waals surface area contributed by atoms with E-state index in [1.807, 2.05) is 19.1 Å². The van der Waals surface area contributed by atoms with Crippen molar-refractivity contribution in [3.63, 3.8) is 0 Å². The zero-order valence-electron chi connectivity index (χ0n) is 12.6. The van der Waals surface area contributed by atoms with Crippen LogP contribution in [0.4, 0.5) is 5.69 Å².